The summed E-state index contributed by atoms with van der Waals surface area (Å²) in [6.07, 6.45) is 5.90. The molecule has 0 aromatic carbocycles. The van der Waals surface area contributed by atoms with Crippen molar-refractivity contribution in [1.82, 2.24) is 4.90 Å². The first-order valence-corrected chi connectivity index (χ1v) is 8.33. The van der Waals surface area contributed by atoms with Crippen LogP contribution in [0.3, 0.4) is 0 Å². The summed E-state index contributed by atoms with van der Waals surface area (Å²) in [5, 5.41) is 0. The number of nitrogens with two attached hydrogens (primary N) is 1. The Bertz CT molecular complexity index is 202. The van der Waals surface area contributed by atoms with Gasteiger partial charge in [-0.3, -0.25) is 4.79 Å². The molecule has 0 rings (SSSR count). The van der Waals surface area contributed by atoms with Crippen molar-refractivity contribution in [1.29, 1.82) is 0 Å². The number of hydrogen-bond donors (Lipinski definition) is 1. The highest BCUT2D eigenvalue weighted by molar-refractivity contribution is 7.98. The fraction of sp³-hybridized carbons (Fsp3) is 0.909. The summed E-state index contributed by atoms with van der Waals surface area (Å²) in [6.45, 7) is 2.08. The normalized spacial score (nSPS) is 14.6. The lowest BCUT2D eigenvalue weighted by Crippen LogP contribution is -2.46. The van der Waals surface area contributed by atoms with Crippen LogP contribution in [0.4, 0.5) is 0 Å². The van der Waals surface area contributed by atoms with Crippen LogP contribution in [0, 0.1) is 0 Å². The highest BCUT2D eigenvalue weighted by Crippen LogP contribution is 2.09. The second-order valence-electron chi connectivity index (χ2n) is 3.97. The van der Waals surface area contributed by atoms with Gasteiger partial charge >= 0.3 is 0 Å². The maximum atomic E-state index is 11.9. The molecule has 5 heteroatoms. The van der Waals surface area contributed by atoms with Crippen LogP contribution in [0.15, 0.2) is 0 Å². The molecule has 0 aromatic heterocycles. The standard InChI is InChI=1S/C11H24N2OS2/c1-9(5-7-15-3)13(2)11(14)10(12)6-8-16-4/h9-10H,5-8,12H2,1-4H3/t9?,10-/m0/s1. The number of carbonyl (C=O) groups is 1. The molecule has 0 saturated heterocycles. The minimum Gasteiger partial charge on any atom is -0.342 e. The maximum absolute atomic E-state index is 11.9. The second-order valence-corrected chi connectivity index (χ2v) is 5.94. The molecule has 0 saturated carbocycles. The van der Waals surface area contributed by atoms with E-state index in [1.165, 1.54) is 0 Å². The third kappa shape index (κ3) is 6.01. The molecular formula is C11H24N2OS2. The molecule has 2 atom stereocenters. The minimum absolute atomic E-state index is 0.0719. The topological polar surface area (TPSA) is 46.3 Å². The van der Waals surface area contributed by atoms with E-state index in [1.54, 1.807) is 16.7 Å². The molecule has 0 heterocycles. The molecule has 3 nitrogen and oxygen atoms in total. The van der Waals surface area contributed by atoms with Gasteiger partial charge in [0.05, 0.1) is 6.04 Å². The molecule has 1 amide bonds. The van der Waals surface area contributed by atoms with E-state index in [9.17, 15) is 4.79 Å². The average Bonchev–Trinajstić information content (AvgIpc) is 2.30. The Kier molecular flexibility index (Phi) is 9.26. The summed E-state index contributed by atoms with van der Waals surface area (Å²) in [5.74, 6) is 2.10. The Labute approximate surface area is 108 Å². The molecular weight excluding hydrogens is 240 g/mol. The first-order valence-electron chi connectivity index (χ1n) is 5.54. The molecule has 0 aliphatic rings. The predicted molar refractivity (Wildman–Crippen MR) is 76.2 cm³/mol. The fourth-order valence-corrected chi connectivity index (χ4v) is 2.40. The molecule has 2 N–H and O–H groups in total. The van der Waals surface area contributed by atoms with Crippen LogP contribution < -0.4 is 5.73 Å². The van der Waals surface area contributed by atoms with Crippen LogP contribution in [-0.4, -0.2) is 54.0 Å². The van der Waals surface area contributed by atoms with E-state index in [1.807, 2.05) is 25.1 Å². The number of likely N-dealkylation sites (N-methyl/N-ethyl adjacent to an activating group) is 1. The van der Waals surface area contributed by atoms with Gasteiger partial charge in [0.2, 0.25) is 5.91 Å². The van der Waals surface area contributed by atoms with Crippen molar-refractivity contribution in [2.45, 2.75) is 31.8 Å². The first-order chi connectivity index (χ1) is 7.54. The third-order valence-corrected chi connectivity index (χ3v) is 3.99. The van der Waals surface area contributed by atoms with Gasteiger partial charge in [-0.1, -0.05) is 0 Å². The van der Waals surface area contributed by atoms with Crippen molar-refractivity contribution in [3.05, 3.63) is 0 Å². The number of carbonyl (C=O) groups excluding carboxylic acids is 1. The largest absolute Gasteiger partial charge is 0.342 e. The van der Waals surface area contributed by atoms with Crippen LogP contribution in [0.1, 0.15) is 19.8 Å². The Morgan fingerprint density at radius 3 is 2.25 bits per heavy atom. The highest BCUT2D eigenvalue weighted by Gasteiger charge is 2.21. The Hall–Kier alpha value is 0.130. The van der Waals surface area contributed by atoms with Crippen molar-refractivity contribution >= 4 is 29.4 Å². The fourth-order valence-electron chi connectivity index (χ4n) is 1.33. The molecule has 0 radical (unpaired) electrons. The summed E-state index contributed by atoms with van der Waals surface area (Å²) in [5.41, 5.74) is 5.86. The van der Waals surface area contributed by atoms with Gasteiger partial charge in [-0.05, 0) is 43.8 Å². The zero-order chi connectivity index (χ0) is 12.6. The minimum atomic E-state index is -0.339. The molecule has 96 valence electrons. The van der Waals surface area contributed by atoms with E-state index in [2.05, 4.69) is 13.2 Å². The van der Waals surface area contributed by atoms with Crippen molar-refractivity contribution in [3.8, 4) is 0 Å². The van der Waals surface area contributed by atoms with Crippen molar-refractivity contribution < 1.29 is 4.79 Å². The zero-order valence-electron chi connectivity index (χ0n) is 10.7. The Balaban J connectivity index is 4.04. The quantitative estimate of drug-likeness (QED) is 0.724. The number of nitrogens with zero attached hydrogens (tertiary/aromatic N) is 1. The number of rotatable bonds is 8. The molecule has 0 fully saturated rings. The van der Waals surface area contributed by atoms with E-state index in [-0.39, 0.29) is 18.0 Å². The van der Waals surface area contributed by atoms with Gasteiger partial charge in [-0.2, -0.15) is 23.5 Å². The van der Waals surface area contributed by atoms with Gasteiger partial charge in [0, 0.05) is 13.1 Å². The molecule has 16 heavy (non-hydrogen) atoms. The van der Waals surface area contributed by atoms with Gasteiger partial charge in [-0.15, -0.1) is 0 Å². The van der Waals surface area contributed by atoms with Gasteiger partial charge in [-0.25, -0.2) is 0 Å². The molecule has 0 aromatic rings. The number of thioether (sulfide) groups is 2. The summed E-state index contributed by atoms with van der Waals surface area (Å²) in [7, 11) is 1.85. The summed E-state index contributed by atoms with van der Waals surface area (Å²) >= 11 is 3.54. The van der Waals surface area contributed by atoms with Crippen LogP contribution >= 0.6 is 23.5 Å². The van der Waals surface area contributed by atoms with Crippen molar-refractivity contribution in [2.24, 2.45) is 5.73 Å². The maximum Gasteiger partial charge on any atom is 0.239 e. The summed E-state index contributed by atoms with van der Waals surface area (Å²) in [4.78, 5) is 13.7. The lowest BCUT2D eigenvalue weighted by molar-refractivity contribution is -0.133. The number of hydrogen-bond acceptors (Lipinski definition) is 4. The van der Waals surface area contributed by atoms with Crippen LogP contribution in [0.2, 0.25) is 0 Å². The smallest absolute Gasteiger partial charge is 0.239 e. The Morgan fingerprint density at radius 2 is 1.75 bits per heavy atom. The molecule has 0 aliphatic carbocycles. The monoisotopic (exact) mass is 264 g/mol. The summed E-state index contributed by atoms with van der Waals surface area (Å²) in [6, 6.07) is -0.0607. The molecule has 0 aliphatic heterocycles. The third-order valence-electron chi connectivity index (χ3n) is 2.70. The molecule has 0 spiro atoms. The van der Waals surface area contributed by atoms with Crippen molar-refractivity contribution in [3.63, 3.8) is 0 Å². The van der Waals surface area contributed by atoms with Gasteiger partial charge < -0.3 is 10.6 Å². The van der Waals surface area contributed by atoms with Crippen LogP contribution in [0.25, 0.3) is 0 Å². The van der Waals surface area contributed by atoms with E-state index in [0.717, 1.165) is 24.3 Å². The van der Waals surface area contributed by atoms with Crippen LogP contribution in [-0.2, 0) is 4.79 Å². The van der Waals surface area contributed by atoms with Crippen molar-refractivity contribution in [2.75, 3.05) is 31.1 Å². The van der Waals surface area contributed by atoms with E-state index < -0.39 is 0 Å². The highest BCUT2D eigenvalue weighted by atomic mass is 32.2. The predicted octanol–water partition coefficient (Wildman–Crippen LogP) is 1.67. The number of amides is 1. The second kappa shape index (κ2) is 9.19. The lowest BCUT2D eigenvalue weighted by atomic mass is 10.1. The average molecular weight is 264 g/mol. The van der Waals surface area contributed by atoms with Gasteiger partial charge in [0.1, 0.15) is 0 Å². The first kappa shape index (κ1) is 16.1. The SMILES string of the molecule is CSCCC(C)N(C)C(=O)[C@@H](N)CCSC. The lowest BCUT2D eigenvalue weighted by Gasteiger charge is -2.27. The van der Waals surface area contributed by atoms with Gasteiger partial charge in [0.25, 0.3) is 0 Å². The van der Waals surface area contributed by atoms with Crippen LogP contribution in [0.5, 0.6) is 0 Å². The van der Waals surface area contributed by atoms with Gasteiger partial charge in [0.15, 0.2) is 0 Å². The molecule has 1 unspecified atom stereocenters. The van der Waals surface area contributed by atoms with E-state index in [4.69, 9.17) is 5.73 Å². The van der Waals surface area contributed by atoms with E-state index >= 15 is 0 Å². The Morgan fingerprint density at radius 1 is 1.25 bits per heavy atom. The zero-order valence-corrected chi connectivity index (χ0v) is 12.4. The summed E-state index contributed by atoms with van der Waals surface area (Å²) < 4.78 is 0. The van der Waals surface area contributed by atoms with E-state index in [0.29, 0.717) is 0 Å². The molecule has 0 bridgehead atoms.